The summed E-state index contributed by atoms with van der Waals surface area (Å²) in [5.41, 5.74) is 4.98. The van der Waals surface area contributed by atoms with Crippen molar-refractivity contribution in [3.8, 4) is 0 Å². The zero-order valence-corrected chi connectivity index (χ0v) is 12.9. The van der Waals surface area contributed by atoms with Crippen LogP contribution in [0.4, 0.5) is 5.69 Å². The van der Waals surface area contributed by atoms with Gasteiger partial charge in [0.05, 0.1) is 10.5 Å². The van der Waals surface area contributed by atoms with E-state index < -0.39 is 21.3 Å². The number of sulfone groups is 1. The van der Waals surface area contributed by atoms with Gasteiger partial charge in [-0.3, -0.25) is 4.79 Å². The third kappa shape index (κ3) is 4.50. The van der Waals surface area contributed by atoms with E-state index >= 15 is 0 Å². The molecule has 7 heteroatoms. The van der Waals surface area contributed by atoms with Crippen LogP contribution in [0.1, 0.15) is 24.2 Å². The average molecular weight is 300 g/mol. The van der Waals surface area contributed by atoms with Gasteiger partial charge in [-0.2, -0.15) is 0 Å². The molecule has 0 aliphatic carbocycles. The van der Waals surface area contributed by atoms with E-state index in [4.69, 9.17) is 5.73 Å². The Balaban J connectivity index is 3.14. The van der Waals surface area contributed by atoms with Gasteiger partial charge in [-0.15, -0.1) is 0 Å². The molecular weight excluding hydrogens is 280 g/mol. The van der Waals surface area contributed by atoms with Crippen LogP contribution in [0.5, 0.6) is 0 Å². The highest BCUT2D eigenvalue weighted by molar-refractivity contribution is 7.90. The molecule has 3 N–H and O–H groups in total. The molecule has 0 atom stereocenters. The Labute approximate surface area is 119 Å². The molecule has 0 heterocycles. The number of anilines is 1. The molecule has 20 heavy (non-hydrogen) atoms. The lowest BCUT2D eigenvalue weighted by molar-refractivity contribution is 0.0368. The predicted octanol–water partition coefficient (Wildman–Crippen LogP) is 0.515. The van der Waals surface area contributed by atoms with E-state index in [2.05, 4.69) is 0 Å². The molecule has 0 aliphatic rings. The van der Waals surface area contributed by atoms with Gasteiger partial charge in [0.1, 0.15) is 0 Å². The van der Waals surface area contributed by atoms with Crippen LogP contribution in [0.25, 0.3) is 0 Å². The summed E-state index contributed by atoms with van der Waals surface area (Å²) in [5.74, 6) is -0.399. The van der Waals surface area contributed by atoms with Crippen LogP contribution in [0.3, 0.4) is 0 Å². The zero-order chi connectivity index (χ0) is 15.7. The summed E-state index contributed by atoms with van der Waals surface area (Å²) in [6.45, 7) is 3.28. The van der Waals surface area contributed by atoms with Crippen LogP contribution in [-0.2, 0) is 9.84 Å². The molecule has 112 valence electrons. The lowest BCUT2D eigenvalue weighted by Gasteiger charge is -2.25. The minimum absolute atomic E-state index is 0.00231. The quantitative estimate of drug-likeness (QED) is 0.789. The summed E-state index contributed by atoms with van der Waals surface area (Å²) in [5, 5.41) is 9.71. The molecule has 0 unspecified atom stereocenters. The Bertz CT molecular complexity index is 618. The third-order valence-electron chi connectivity index (χ3n) is 2.57. The van der Waals surface area contributed by atoms with Gasteiger partial charge < -0.3 is 15.7 Å². The van der Waals surface area contributed by atoms with Gasteiger partial charge in [0.15, 0.2) is 9.84 Å². The maximum atomic E-state index is 12.2. The van der Waals surface area contributed by atoms with Crippen LogP contribution in [0, 0.1) is 0 Å². The number of aliphatic hydroxyl groups is 1. The molecule has 1 rings (SSSR count). The summed E-state index contributed by atoms with van der Waals surface area (Å²) in [6.07, 6.45) is 1.05. The molecule has 0 fully saturated rings. The summed E-state index contributed by atoms with van der Waals surface area (Å²) < 4.78 is 23.1. The van der Waals surface area contributed by atoms with Crippen LogP contribution in [0.2, 0.25) is 0 Å². The van der Waals surface area contributed by atoms with Crippen molar-refractivity contribution >= 4 is 21.4 Å². The van der Waals surface area contributed by atoms with Gasteiger partial charge in [-0.05, 0) is 32.0 Å². The van der Waals surface area contributed by atoms with Crippen LogP contribution in [0.15, 0.2) is 23.1 Å². The molecular formula is C13H20N2O4S. The third-order valence-corrected chi connectivity index (χ3v) is 3.67. The van der Waals surface area contributed by atoms with Gasteiger partial charge in [0, 0.05) is 31.1 Å². The fourth-order valence-corrected chi connectivity index (χ4v) is 2.52. The Hall–Kier alpha value is -1.60. The second-order valence-electron chi connectivity index (χ2n) is 5.54. The molecule has 0 aliphatic heterocycles. The number of nitrogens with zero attached hydrogens (tertiary/aromatic N) is 1. The molecule has 0 aromatic heterocycles. The second kappa shape index (κ2) is 5.41. The van der Waals surface area contributed by atoms with Gasteiger partial charge in [-0.1, -0.05) is 0 Å². The number of rotatable bonds is 4. The highest BCUT2D eigenvalue weighted by atomic mass is 32.2. The SMILES string of the molecule is CN(CC(C)(C)O)C(=O)c1cc(N)cc(S(C)(=O)=O)c1. The maximum absolute atomic E-state index is 12.2. The van der Waals surface area contributed by atoms with Gasteiger partial charge in [-0.25, -0.2) is 8.42 Å². The van der Waals surface area contributed by atoms with E-state index in [1.54, 1.807) is 13.8 Å². The fourth-order valence-electron chi connectivity index (χ4n) is 1.83. The van der Waals surface area contributed by atoms with Crippen molar-refractivity contribution in [2.45, 2.75) is 24.3 Å². The predicted molar refractivity (Wildman–Crippen MR) is 77.2 cm³/mol. The molecule has 1 aromatic rings. The molecule has 6 nitrogen and oxygen atoms in total. The summed E-state index contributed by atoms with van der Waals surface area (Å²) >= 11 is 0. The Kier molecular flexibility index (Phi) is 4.45. The van der Waals surface area contributed by atoms with Gasteiger partial charge >= 0.3 is 0 Å². The number of amides is 1. The number of nitrogens with two attached hydrogens (primary N) is 1. The average Bonchev–Trinajstić information content (AvgIpc) is 2.23. The van der Waals surface area contributed by atoms with Crippen LogP contribution in [-0.4, -0.2) is 49.8 Å². The summed E-state index contributed by atoms with van der Waals surface area (Å²) in [7, 11) is -1.91. The van der Waals surface area contributed by atoms with Crippen molar-refractivity contribution in [3.63, 3.8) is 0 Å². The minimum atomic E-state index is -3.44. The highest BCUT2D eigenvalue weighted by Gasteiger charge is 2.21. The molecule has 1 aromatic carbocycles. The number of nitrogen functional groups attached to an aromatic ring is 1. The Morgan fingerprint density at radius 3 is 2.35 bits per heavy atom. The molecule has 0 saturated carbocycles. The lowest BCUT2D eigenvalue weighted by Crippen LogP contribution is -2.39. The lowest BCUT2D eigenvalue weighted by atomic mass is 10.1. The molecule has 0 saturated heterocycles. The van der Waals surface area contributed by atoms with E-state index in [0.717, 1.165) is 6.26 Å². The normalized spacial score (nSPS) is 12.2. The molecule has 1 amide bonds. The van der Waals surface area contributed by atoms with Crippen molar-refractivity contribution in [3.05, 3.63) is 23.8 Å². The first kappa shape index (κ1) is 16.5. The van der Waals surface area contributed by atoms with Crippen LogP contribution >= 0.6 is 0 Å². The first-order valence-corrected chi connectivity index (χ1v) is 7.88. The highest BCUT2D eigenvalue weighted by Crippen LogP contribution is 2.18. The molecule has 0 bridgehead atoms. The van der Waals surface area contributed by atoms with E-state index in [1.165, 1.54) is 30.1 Å². The largest absolute Gasteiger partial charge is 0.399 e. The summed E-state index contributed by atoms with van der Waals surface area (Å²) in [4.78, 5) is 13.5. The minimum Gasteiger partial charge on any atom is -0.399 e. The number of carbonyl (C=O) groups excluding carboxylic acids is 1. The van der Waals surface area contributed by atoms with Crippen molar-refractivity contribution in [2.75, 3.05) is 25.6 Å². The molecule has 0 spiro atoms. The number of hydrogen-bond donors (Lipinski definition) is 2. The number of carbonyl (C=O) groups is 1. The van der Waals surface area contributed by atoms with E-state index in [-0.39, 0.29) is 22.7 Å². The number of hydrogen-bond acceptors (Lipinski definition) is 5. The number of likely N-dealkylation sites (N-methyl/N-ethyl adjacent to an activating group) is 1. The van der Waals surface area contributed by atoms with Crippen molar-refractivity contribution in [1.82, 2.24) is 4.90 Å². The van der Waals surface area contributed by atoms with E-state index in [1.807, 2.05) is 0 Å². The summed E-state index contributed by atoms with van der Waals surface area (Å²) in [6, 6.07) is 4.01. The Morgan fingerprint density at radius 2 is 1.90 bits per heavy atom. The van der Waals surface area contributed by atoms with E-state index in [0.29, 0.717) is 0 Å². The molecule has 0 radical (unpaired) electrons. The standard InChI is InChI=1S/C13H20N2O4S/c1-13(2,17)8-15(3)12(16)9-5-10(14)7-11(6-9)20(4,18)19/h5-7,17H,8,14H2,1-4H3. The maximum Gasteiger partial charge on any atom is 0.253 e. The Morgan fingerprint density at radius 1 is 1.35 bits per heavy atom. The topological polar surface area (TPSA) is 101 Å². The van der Waals surface area contributed by atoms with Crippen LogP contribution < -0.4 is 5.73 Å². The first-order chi connectivity index (χ1) is 8.90. The van der Waals surface area contributed by atoms with Gasteiger partial charge in [0.2, 0.25) is 0 Å². The first-order valence-electron chi connectivity index (χ1n) is 5.98. The van der Waals surface area contributed by atoms with E-state index in [9.17, 15) is 18.3 Å². The van der Waals surface area contributed by atoms with Crippen molar-refractivity contribution in [1.29, 1.82) is 0 Å². The second-order valence-corrected chi connectivity index (χ2v) is 7.55. The smallest absolute Gasteiger partial charge is 0.253 e. The van der Waals surface area contributed by atoms with Crippen molar-refractivity contribution < 1.29 is 18.3 Å². The number of benzene rings is 1. The van der Waals surface area contributed by atoms with Gasteiger partial charge in [0.25, 0.3) is 5.91 Å². The zero-order valence-electron chi connectivity index (χ0n) is 12.0. The van der Waals surface area contributed by atoms with Crippen molar-refractivity contribution in [2.24, 2.45) is 0 Å². The monoisotopic (exact) mass is 300 g/mol. The fraction of sp³-hybridized carbons (Fsp3) is 0.462.